The maximum Gasteiger partial charge on any atom is 0.241 e. The number of fused-ring (bicyclic) bond motifs is 1. The minimum Gasteiger partial charge on any atom is -0.481 e. The van der Waals surface area contributed by atoms with E-state index < -0.39 is 26.4 Å². The minimum absolute atomic E-state index is 0.0302. The predicted octanol–water partition coefficient (Wildman–Crippen LogP) is 3.68. The monoisotopic (exact) mass is 571 g/mol. The fraction of sp³-hybridized carbons (Fsp3) is 0.167. The molecule has 5 rings (SSSR count). The summed E-state index contributed by atoms with van der Waals surface area (Å²) in [7, 11) is -2.38. The maximum absolute atomic E-state index is 13.7. The van der Waals surface area contributed by atoms with Crippen LogP contribution in [0.3, 0.4) is 0 Å². The zero-order chi connectivity index (χ0) is 26.7. The molecule has 0 aliphatic heterocycles. The summed E-state index contributed by atoms with van der Waals surface area (Å²) in [4.78, 5) is 8.76. The molecule has 11 nitrogen and oxygen atoms in total. The molecule has 3 heterocycles. The van der Waals surface area contributed by atoms with Gasteiger partial charge in [0.15, 0.2) is 15.1 Å². The number of methoxy groups -OCH3 is 1. The van der Waals surface area contributed by atoms with Gasteiger partial charge in [-0.05, 0) is 34.9 Å². The zero-order valence-corrected chi connectivity index (χ0v) is 22.3. The van der Waals surface area contributed by atoms with Crippen LogP contribution in [0.2, 0.25) is 0 Å². The molecule has 0 aliphatic carbocycles. The zero-order valence-electron chi connectivity index (χ0n) is 19.8. The van der Waals surface area contributed by atoms with Crippen LogP contribution in [-0.4, -0.2) is 44.5 Å². The second kappa shape index (κ2) is 11.0. The fourth-order valence-corrected chi connectivity index (χ4v) is 7.20. The second-order valence-corrected chi connectivity index (χ2v) is 12.0. The van der Waals surface area contributed by atoms with Crippen LogP contribution in [0, 0.1) is 0 Å². The summed E-state index contributed by atoms with van der Waals surface area (Å²) in [6, 6.07) is 18.1. The smallest absolute Gasteiger partial charge is 0.241 e. The Labute approximate surface area is 224 Å². The molecule has 0 aliphatic rings. The summed E-state index contributed by atoms with van der Waals surface area (Å²) >= 11 is -1.08. The molecule has 0 saturated heterocycles. The molecule has 0 spiro atoms. The first-order valence-electron chi connectivity index (χ1n) is 11.2. The van der Waals surface area contributed by atoms with Crippen molar-refractivity contribution in [2.24, 2.45) is 0 Å². The minimum atomic E-state index is -3.92. The molecule has 2 N–H and O–H groups in total. The first-order valence-corrected chi connectivity index (χ1v) is 14.8. The van der Waals surface area contributed by atoms with Crippen molar-refractivity contribution < 1.29 is 26.3 Å². The van der Waals surface area contributed by atoms with E-state index in [1.54, 1.807) is 43.6 Å². The number of thiazole rings is 1. The molecule has 0 saturated carbocycles. The van der Waals surface area contributed by atoms with Gasteiger partial charge >= 0.3 is 0 Å². The molecule has 0 bridgehead atoms. The molecule has 5 aromatic rings. The van der Waals surface area contributed by atoms with Crippen molar-refractivity contribution in [2.75, 3.05) is 7.11 Å². The summed E-state index contributed by atoms with van der Waals surface area (Å²) in [6.45, 7) is -0.208. The quantitative estimate of drug-likeness (QED) is 0.237. The van der Waals surface area contributed by atoms with Crippen molar-refractivity contribution in [1.82, 2.24) is 24.9 Å². The molecule has 0 fully saturated rings. The van der Waals surface area contributed by atoms with Crippen LogP contribution in [0.15, 0.2) is 71.3 Å². The first kappa shape index (κ1) is 26.1. The lowest BCUT2D eigenvalue weighted by Crippen LogP contribution is -2.17. The Morgan fingerprint density at radius 3 is 2.66 bits per heavy atom. The lowest BCUT2D eigenvalue weighted by molar-refractivity contribution is 0.398. The third kappa shape index (κ3) is 5.79. The molecular formula is C24H21N5O6S3. The van der Waals surface area contributed by atoms with E-state index in [0.717, 1.165) is 15.8 Å². The van der Waals surface area contributed by atoms with Gasteiger partial charge in [0.25, 0.3) is 0 Å². The Hall–Kier alpha value is -3.56. The molecular weight excluding hydrogens is 550 g/mol. The van der Waals surface area contributed by atoms with E-state index in [0.29, 0.717) is 17.0 Å². The van der Waals surface area contributed by atoms with Gasteiger partial charge in [0, 0.05) is 12.3 Å². The van der Waals surface area contributed by atoms with E-state index in [-0.39, 0.29) is 29.1 Å². The molecule has 2 atom stereocenters. The van der Waals surface area contributed by atoms with Gasteiger partial charge in [-0.2, -0.15) is 0 Å². The number of nitrogens with zero attached hydrogens (tertiary/aromatic N) is 4. The second-order valence-electron chi connectivity index (χ2n) is 8.10. The Morgan fingerprint density at radius 1 is 1.11 bits per heavy atom. The lowest BCUT2D eigenvalue weighted by atomic mass is 10.1. The van der Waals surface area contributed by atoms with Crippen LogP contribution in [0.4, 0.5) is 0 Å². The van der Waals surface area contributed by atoms with Gasteiger partial charge in [0.1, 0.15) is 5.01 Å². The van der Waals surface area contributed by atoms with Gasteiger partial charge < -0.3 is 9.15 Å². The highest BCUT2D eigenvalue weighted by molar-refractivity contribution is 7.91. The number of pyridine rings is 1. The number of sulfone groups is 1. The van der Waals surface area contributed by atoms with Crippen molar-refractivity contribution in [2.45, 2.75) is 17.5 Å². The van der Waals surface area contributed by atoms with Gasteiger partial charge in [0.2, 0.25) is 28.9 Å². The number of ether oxygens (including phenoxy) is 1. The number of rotatable bonds is 10. The maximum atomic E-state index is 13.7. The molecule has 2 unspecified atom stereocenters. The van der Waals surface area contributed by atoms with Crippen molar-refractivity contribution >= 4 is 42.7 Å². The summed E-state index contributed by atoms with van der Waals surface area (Å²) in [6.07, 6.45) is 1.65. The van der Waals surface area contributed by atoms with Gasteiger partial charge in [-0.15, -0.1) is 21.5 Å². The standard InChI is InChI=1S/C24H21N5O6S3/c1-34-20-12-17(9-10-25-20)16-7-8-18-19(11-16)36-24(27-18)22(23-29-28-21(35-23)13-26-37(30)31)38(32,33)14-15-5-3-2-4-6-15/h2-12,22,26H,13-14H2,1H3,(H,30,31). The van der Waals surface area contributed by atoms with Gasteiger partial charge in [-0.25, -0.2) is 27.3 Å². The van der Waals surface area contributed by atoms with Gasteiger partial charge in [-0.1, -0.05) is 36.4 Å². The first-order chi connectivity index (χ1) is 18.3. The van der Waals surface area contributed by atoms with Gasteiger partial charge in [-0.3, -0.25) is 4.55 Å². The number of aromatic nitrogens is 4. The Kier molecular flexibility index (Phi) is 7.58. The van der Waals surface area contributed by atoms with Crippen molar-refractivity contribution in [3.63, 3.8) is 0 Å². The number of nitrogens with one attached hydrogen (secondary N) is 1. The van der Waals surface area contributed by atoms with Crippen LogP contribution in [0.1, 0.15) is 27.6 Å². The Balaban J connectivity index is 1.56. The number of benzene rings is 2. The lowest BCUT2D eigenvalue weighted by Gasteiger charge is -2.12. The highest BCUT2D eigenvalue weighted by Crippen LogP contribution is 2.38. The highest BCUT2D eigenvalue weighted by atomic mass is 32.2. The van der Waals surface area contributed by atoms with E-state index in [1.165, 1.54) is 11.3 Å². The summed E-state index contributed by atoms with van der Waals surface area (Å²) in [5.74, 6) is 0.0101. The fourth-order valence-electron chi connectivity index (χ4n) is 3.80. The highest BCUT2D eigenvalue weighted by Gasteiger charge is 2.37. The topological polar surface area (TPSA) is 157 Å². The average Bonchev–Trinajstić information content (AvgIpc) is 3.54. The predicted molar refractivity (Wildman–Crippen MR) is 142 cm³/mol. The third-order valence-electron chi connectivity index (χ3n) is 5.53. The van der Waals surface area contributed by atoms with Crippen molar-refractivity contribution in [3.8, 4) is 17.0 Å². The van der Waals surface area contributed by atoms with Crippen molar-refractivity contribution in [1.29, 1.82) is 0 Å². The van der Waals surface area contributed by atoms with E-state index in [9.17, 15) is 12.6 Å². The average molecular weight is 572 g/mol. The van der Waals surface area contributed by atoms with Crippen LogP contribution in [0.25, 0.3) is 21.3 Å². The molecule has 0 amide bonds. The van der Waals surface area contributed by atoms with Crippen LogP contribution in [0.5, 0.6) is 5.88 Å². The largest absolute Gasteiger partial charge is 0.481 e. The molecule has 2 aromatic carbocycles. The molecule has 196 valence electrons. The molecule has 14 heteroatoms. The number of hydrogen-bond acceptors (Lipinski definition) is 10. The van der Waals surface area contributed by atoms with Crippen LogP contribution < -0.4 is 9.46 Å². The molecule has 0 radical (unpaired) electrons. The Bertz CT molecular complexity index is 1710. The number of hydrogen-bond donors (Lipinski definition) is 2. The van der Waals surface area contributed by atoms with Gasteiger partial charge in [0.05, 0.1) is 29.6 Å². The third-order valence-corrected chi connectivity index (χ3v) is 9.03. The van der Waals surface area contributed by atoms with E-state index in [4.69, 9.17) is 13.7 Å². The van der Waals surface area contributed by atoms with E-state index in [2.05, 4.69) is 24.9 Å². The summed E-state index contributed by atoms with van der Waals surface area (Å²) in [5.41, 5.74) is 2.99. The molecule has 38 heavy (non-hydrogen) atoms. The SMILES string of the molecule is COc1cc(-c2ccc3nc(C(c4nnc(CNS(=O)O)o4)S(=O)(=O)Cc4ccccc4)sc3c2)ccn1. The van der Waals surface area contributed by atoms with E-state index >= 15 is 0 Å². The summed E-state index contributed by atoms with van der Waals surface area (Å²) < 4.78 is 61.2. The molecule has 3 aromatic heterocycles. The summed E-state index contributed by atoms with van der Waals surface area (Å²) in [5, 5.41) is 6.76. The van der Waals surface area contributed by atoms with Crippen LogP contribution in [-0.2, 0) is 33.4 Å². The van der Waals surface area contributed by atoms with Crippen molar-refractivity contribution in [3.05, 3.63) is 89.2 Å². The van der Waals surface area contributed by atoms with E-state index in [1.807, 2.05) is 30.3 Å². The van der Waals surface area contributed by atoms with Crippen LogP contribution >= 0.6 is 11.3 Å². The Morgan fingerprint density at radius 2 is 1.89 bits per heavy atom. The normalized spacial score (nSPS) is 13.4.